The standard InChI is InChI=1S/C20H27N5O/c1-14-10-17(13-25-5-4-21-19(14)25)22-20(26)24-8-6-23(7-9-24)18-12-15-2-3-16(18)11-15/h4-5,10,13,15-16,18H,2-3,6-9,11-12H2,1H3,(H,22,26)/t15-,16+,18-/m1/s1. The topological polar surface area (TPSA) is 52.9 Å². The van der Waals surface area contributed by atoms with Gasteiger partial charge in [0.2, 0.25) is 0 Å². The zero-order valence-corrected chi connectivity index (χ0v) is 15.4. The lowest BCUT2D eigenvalue weighted by Crippen LogP contribution is -2.53. The number of nitrogens with zero attached hydrogens (tertiary/aromatic N) is 4. The predicted octanol–water partition coefficient (Wildman–Crippen LogP) is 2.98. The summed E-state index contributed by atoms with van der Waals surface area (Å²) >= 11 is 0. The van der Waals surface area contributed by atoms with Gasteiger partial charge in [-0.05, 0) is 49.7 Å². The fraction of sp³-hybridized carbons (Fsp3) is 0.600. The van der Waals surface area contributed by atoms with Gasteiger partial charge in [-0.1, -0.05) is 6.42 Å². The maximum absolute atomic E-state index is 12.7. The van der Waals surface area contributed by atoms with Gasteiger partial charge in [-0.25, -0.2) is 9.78 Å². The molecule has 6 heteroatoms. The van der Waals surface area contributed by atoms with Crippen molar-refractivity contribution in [1.82, 2.24) is 19.2 Å². The second-order valence-corrected chi connectivity index (χ2v) is 8.27. The molecular weight excluding hydrogens is 326 g/mol. The SMILES string of the molecule is Cc1cc(NC(=O)N2CCN([C@@H]3C[C@@H]4CC[C@H]3C4)CC2)cn2ccnc12. The zero-order valence-electron chi connectivity index (χ0n) is 15.4. The Morgan fingerprint density at radius 2 is 2.04 bits per heavy atom. The van der Waals surface area contributed by atoms with Crippen LogP contribution in [0.15, 0.2) is 24.7 Å². The highest BCUT2D eigenvalue weighted by Gasteiger charge is 2.42. The summed E-state index contributed by atoms with van der Waals surface area (Å²) in [7, 11) is 0. The molecule has 3 heterocycles. The number of rotatable bonds is 2. The van der Waals surface area contributed by atoms with E-state index in [0.717, 1.165) is 61.0 Å². The summed E-state index contributed by atoms with van der Waals surface area (Å²) in [4.78, 5) is 21.6. The average molecular weight is 353 g/mol. The van der Waals surface area contributed by atoms with E-state index in [4.69, 9.17) is 0 Å². The largest absolute Gasteiger partial charge is 0.322 e. The second kappa shape index (κ2) is 6.27. The first kappa shape index (κ1) is 16.1. The number of aromatic nitrogens is 2. The van der Waals surface area contributed by atoms with Crippen molar-refractivity contribution in [2.45, 2.75) is 38.6 Å². The van der Waals surface area contributed by atoms with Crippen LogP contribution in [-0.2, 0) is 0 Å². The lowest BCUT2D eigenvalue weighted by atomic mass is 9.93. The van der Waals surface area contributed by atoms with Crippen molar-refractivity contribution in [1.29, 1.82) is 0 Å². The van der Waals surface area contributed by atoms with E-state index in [0.29, 0.717) is 0 Å². The molecule has 3 aliphatic rings. The molecule has 5 rings (SSSR count). The molecule has 1 aliphatic heterocycles. The Labute approximate surface area is 154 Å². The van der Waals surface area contributed by atoms with Crippen LogP contribution in [0, 0.1) is 18.8 Å². The molecule has 3 fully saturated rings. The minimum atomic E-state index is 0.0106. The summed E-state index contributed by atoms with van der Waals surface area (Å²) < 4.78 is 1.96. The normalized spacial score (nSPS) is 28.8. The third-order valence-electron chi connectivity index (χ3n) is 6.69. The first-order chi connectivity index (χ1) is 12.7. The number of piperazine rings is 1. The van der Waals surface area contributed by atoms with Gasteiger partial charge in [0.25, 0.3) is 0 Å². The van der Waals surface area contributed by atoms with Crippen molar-refractivity contribution in [3.63, 3.8) is 0 Å². The Morgan fingerprint density at radius 1 is 1.19 bits per heavy atom. The number of urea groups is 1. The number of amides is 2. The van der Waals surface area contributed by atoms with E-state index < -0.39 is 0 Å². The number of imidazole rings is 1. The molecule has 6 nitrogen and oxygen atoms in total. The molecule has 138 valence electrons. The highest BCUT2D eigenvalue weighted by molar-refractivity contribution is 5.89. The van der Waals surface area contributed by atoms with Crippen LogP contribution in [-0.4, -0.2) is 57.4 Å². The van der Waals surface area contributed by atoms with Crippen molar-refractivity contribution < 1.29 is 4.79 Å². The molecule has 3 atom stereocenters. The number of carbonyl (C=O) groups is 1. The average Bonchev–Trinajstić information content (AvgIpc) is 3.38. The molecule has 0 radical (unpaired) electrons. The lowest BCUT2D eigenvalue weighted by Gasteiger charge is -2.40. The minimum absolute atomic E-state index is 0.0106. The molecule has 0 spiro atoms. The van der Waals surface area contributed by atoms with Crippen LogP contribution >= 0.6 is 0 Å². The molecule has 0 unspecified atom stereocenters. The minimum Gasteiger partial charge on any atom is -0.322 e. The Kier molecular flexibility index (Phi) is 3.89. The van der Waals surface area contributed by atoms with Crippen LogP contribution in [0.25, 0.3) is 5.65 Å². The van der Waals surface area contributed by atoms with E-state index >= 15 is 0 Å². The first-order valence-corrected chi connectivity index (χ1v) is 9.90. The smallest absolute Gasteiger partial charge is 0.321 e. The highest BCUT2D eigenvalue weighted by atomic mass is 16.2. The number of nitrogens with one attached hydrogen (secondary N) is 1. The van der Waals surface area contributed by atoms with Gasteiger partial charge in [-0.3, -0.25) is 4.90 Å². The molecular formula is C20H27N5O. The number of fused-ring (bicyclic) bond motifs is 3. The van der Waals surface area contributed by atoms with Crippen molar-refractivity contribution in [3.05, 3.63) is 30.2 Å². The zero-order chi connectivity index (χ0) is 17.7. The highest BCUT2D eigenvalue weighted by Crippen LogP contribution is 2.46. The number of pyridine rings is 1. The Morgan fingerprint density at radius 3 is 2.77 bits per heavy atom. The fourth-order valence-electron chi connectivity index (χ4n) is 5.39. The van der Waals surface area contributed by atoms with Crippen LogP contribution in [0.4, 0.5) is 10.5 Å². The summed E-state index contributed by atoms with van der Waals surface area (Å²) in [5.74, 6) is 1.90. The molecule has 2 amide bonds. The molecule has 2 aliphatic carbocycles. The summed E-state index contributed by atoms with van der Waals surface area (Å²) in [6.45, 7) is 5.70. The van der Waals surface area contributed by atoms with Gasteiger partial charge >= 0.3 is 6.03 Å². The third-order valence-corrected chi connectivity index (χ3v) is 6.69. The molecule has 2 aromatic heterocycles. The summed E-state index contributed by atoms with van der Waals surface area (Å²) in [5.41, 5.74) is 2.82. The van der Waals surface area contributed by atoms with Crippen LogP contribution < -0.4 is 5.32 Å². The fourth-order valence-corrected chi connectivity index (χ4v) is 5.39. The van der Waals surface area contributed by atoms with Crippen LogP contribution in [0.3, 0.4) is 0 Å². The number of hydrogen-bond donors (Lipinski definition) is 1. The van der Waals surface area contributed by atoms with Gasteiger partial charge < -0.3 is 14.6 Å². The van der Waals surface area contributed by atoms with Crippen molar-refractivity contribution in [2.24, 2.45) is 11.8 Å². The van der Waals surface area contributed by atoms with Crippen molar-refractivity contribution >= 4 is 17.4 Å². The Bertz CT molecular complexity index is 823. The van der Waals surface area contributed by atoms with Crippen LogP contribution in [0.2, 0.25) is 0 Å². The van der Waals surface area contributed by atoms with Gasteiger partial charge in [0.1, 0.15) is 5.65 Å². The molecule has 2 aromatic rings. The number of aryl methyl sites for hydroxylation is 1. The monoisotopic (exact) mass is 353 g/mol. The van der Waals surface area contributed by atoms with Gasteiger partial charge in [0, 0.05) is 50.8 Å². The molecule has 26 heavy (non-hydrogen) atoms. The van der Waals surface area contributed by atoms with E-state index in [1.807, 2.05) is 34.7 Å². The quantitative estimate of drug-likeness (QED) is 0.903. The van der Waals surface area contributed by atoms with E-state index in [-0.39, 0.29) is 6.03 Å². The maximum atomic E-state index is 12.7. The van der Waals surface area contributed by atoms with Crippen LogP contribution in [0.1, 0.15) is 31.2 Å². The summed E-state index contributed by atoms with van der Waals surface area (Å²) in [6.07, 6.45) is 11.3. The number of hydrogen-bond acceptors (Lipinski definition) is 3. The van der Waals surface area contributed by atoms with Gasteiger partial charge in [0.15, 0.2) is 0 Å². The molecule has 2 saturated carbocycles. The molecule has 2 bridgehead atoms. The van der Waals surface area contributed by atoms with Crippen LogP contribution in [0.5, 0.6) is 0 Å². The summed E-state index contributed by atoms with van der Waals surface area (Å²) in [5, 5.41) is 3.07. The van der Waals surface area contributed by atoms with E-state index in [9.17, 15) is 4.79 Å². The van der Waals surface area contributed by atoms with E-state index in [2.05, 4.69) is 15.2 Å². The molecule has 1 saturated heterocycles. The van der Waals surface area contributed by atoms with E-state index in [1.54, 1.807) is 6.20 Å². The first-order valence-electron chi connectivity index (χ1n) is 9.90. The summed E-state index contributed by atoms with van der Waals surface area (Å²) in [6, 6.07) is 2.79. The van der Waals surface area contributed by atoms with Gasteiger partial charge in [0.05, 0.1) is 5.69 Å². The van der Waals surface area contributed by atoms with Gasteiger partial charge in [-0.15, -0.1) is 0 Å². The Hall–Kier alpha value is -2.08. The lowest BCUT2D eigenvalue weighted by molar-refractivity contribution is 0.0860. The molecule has 1 N–H and O–H groups in total. The number of carbonyl (C=O) groups excluding carboxylic acids is 1. The second-order valence-electron chi connectivity index (χ2n) is 8.27. The predicted molar refractivity (Wildman–Crippen MR) is 101 cm³/mol. The van der Waals surface area contributed by atoms with E-state index in [1.165, 1.54) is 25.7 Å². The molecule has 0 aromatic carbocycles. The van der Waals surface area contributed by atoms with Gasteiger partial charge in [-0.2, -0.15) is 0 Å². The Balaban J connectivity index is 1.20. The van der Waals surface area contributed by atoms with Crippen molar-refractivity contribution in [2.75, 3.05) is 31.5 Å². The number of anilines is 1. The maximum Gasteiger partial charge on any atom is 0.321 e. The van der Waals surface area contributed by atoms with Crippen molar-refractivity contribution in [3.8, 4) is 0 Å². The third kappa shape index (κ3) is 2.76.